The molecule has 0 radical (unpaired) electrons. The van der Waals surface area contributed by atoms with Gasteiger partial charge in [0.15, 0.2) is 5.75 Å². The third-order valence-electron chi connectivity index (χ3n) is 3.71. The zero-order valence-corrected chi connectivity index (χ0v) is 14.5. The van der Waals surface area contributed by atoms with Gasteiger partial charge in [0, 0.05) is 35.6 Å². The number of amides is 1. The number of rotatable bonds is 4. The van der Waals surface area contributed by atoms with E-state index in [4.69, 9.17) is 16.3 Å². The molecule has 0 spiro atoms. The van der Waals surface area contributed by atoms with Gasteiger partial charge in [-0.3, -0.25) is 5.32 Å². The lowest BCUT2D eigenvalue weighted by Gasteiger charge is -2.12. The summed E-state index contributed by atoms with van der Waals surface area (Å²) in [7, 11) is 1.57. The second-order valence-electron chi connectivity index (χ2n) is 5.58. The van der Waals surface area contributed by atoms with E-state index in [-0.39, 0.29) is 11.3 Å². The maximum atomic E-state index is 13.0. The summed E-state index contributed by atoms with van der Waals surface area (Å²) in [6.45, 7) is 0. The molecule has 0 aliphatic heterocycles. The molecule has 7 heteroatoms. The molecule has 0 aliphatic carbocycles. The van der Waals surface area contributed by atoms with Gasteiger partial charge in [-0.1, -0.05) is 48.0 Å². The van der Waals surface area contributed by atoms with Gasteiger partial charge in [-0.25, -0.2) is 13.6 Å². The van der Waals surface area contributed by atoms with Crippen molar-refractivity contribution < 1.29 is 18.3 Å². The van der Waals surface area contributed by atoms with Gasteiger partial charge in [0.05, 0.1) is 11.3 Å². The van der Waals surface area contributed by atoms with Gasteiger partial charge in [0.2, 0.25) is 0 Å². The van der Waals surface area contributed by atoms with E-state index < -0.39 is 12.5 Å². The number of carbonyl (C=O) groups excluding carboxylic acids is 1. The maximum Gasteiger partial charge on any atom is 0.417 e. The van der Waals surface area contributed by atoms with E-state index in [1.807, 2.05) is 12.1 Å². The fraction of sp³-hybridized carbons (Fsp3) is 0.105. The average Bonchev–Trinajstić information content (AvgIpc) is 2.96. The average molecular weight is 377 g/mol. The van der Waals surface area contributed by atoms with Crippen LogP contribution in [0.1, 0.15) is 12.0 Å². The lowest BCUT2D eigenvalue weighted by molar-refractivity contribution is 0.147. The minimum Gasteiger partial charge on any atom is -0.408 e. The standard InChI is InChI=1S/C19H15ClF2N2O2/c1-24-10-14(18(21)22)17(11-24)26-19(25)23-16-9-5-3-7-13(16)12-6-2-4-8-15(12)20/h2-11,18H,1H3,(H,23,25). The third kappa shape index (κ3) is 3.86. The number of alkyl halides is 2. The van der Waals surface area contributed by atoms with Gasteiger partial charge in [0.25, 0.3) is 6.43 Å². The lowest BCUT2D eigenvalue weighted by atomic mass is 10.0. The molecule has 1 N–H and O–H groups in total. The van der Waals surface area contributed by atoms with Crippen LogP contribution in [0.15, 0.2) is 60.9 Å². The zero-order chi connectivity index (χ0) is 18.7. The summed E-state index contributed by atoms with van der Waals surface area (Å²) in [6, 6.07) is 14.2. The minimum atomic E-state index is -2.74. The molecule has 0 saturated heterocycles. The second-order valence-corrected chi connectivity index (χ2v) is 5.99. The van der Waals surface area contributed by atoms with E-state index in [2.05, 4.69) is 5.32 Å². The van der Waals surface area contributed by atoms with Crippen LogP contribution in [0, 0.1) is 0 Å². The Morgan fingerprint density at radius 1 is 1.08 bits per heavy atom. The van der Waals surface area contributed by atoms with Crippen molar-refractivity contribution in [1.82, 2.24) is 4.57 Å². The number of hydrogen-bond acceptors (Lipinski definition) is 2. The van der Waals surface area contributed by atoms with Crippen LogP contribution >= 0.6 is 11.6 Å². The van der Waals surface area contributed by atoms with Crippen LogP contribution in [0.3, 0.4) is 0 Å². The Hall–Kier alpha value is -2.86. The molecule has 0 saturated carbocycles. The van der Waals surface area contributed by atoms with Gasteiger partial charge in [-0.2, -0.15) is 0 Å². The van der Waals surface area contributed by atoms with Crippen LogP contribution in [0.25, 0.3) is 11.1 Å². The first-order valence-corrected chi connectivity index (χ1v) is 8.10. The first-order chi connectivity index (χ1) is 12.5. The monoisotopic (exact) mass is 376 g/mol. The zero-order valence-electron chi connectivity index (χ0n) is 13.7. The molecule has 1 aromatic heterocycles. The molecule has 1 amide bonds. The topological polar surface area (TPSA) is 43.3 Å². The Balaban J connectivity index is 1.84. The number of aromatic nitrogens is 1. The summed E-state index contributed by atoms with van der Waals surface area (Å²) in [5.41, 5.74) is 1.54. The first-order valence-electron chi connectivity index (χ1n) is 7.72. The Morgan fingerprint density at radius 3 is 2.42 bits per heavy atom. The molecule has 0 bridgehead atoms. The molecular weight excluding hydrogens is 362 g/mol. The normalized spacial score (nSPS) is 10.8. The van der Waals surface area contributed by atoms with Crippen LogP contribution in [0.5, 0.6) is 5.75 Å². The molecule has 4 nitrogen and oxygen atoms in total. The van der Waals surface area contributed by atoms with Gasteiger partial charge in [-0.05, 0) is 12.1 Å². The highest BCUT2D eigenvalue weighted by Gasteiger charge is 2.19. The molecule has 3 aromatic rings. The van der Waals surface area contributed by atoms with Crippen molar-refractivity contribution >= 4 is 23.4 Å². The number of hydrogen-bond donors (Lipinski definition) is 1. The Bertz CT molecular complexity index is 941. The van der Waals surface area contributed by atoms with Crippen molar-refractivity contribution in [2.45, 2.75) is 6.43 Å². The van der Waals surface area contributed by atoms with Gasteiger partial charge < -0.3 is 9.30 Å². The summed E-state index contributed by atoms with van der Waals surface area (Å²) >= 11 is 6.23. The number of anilines is 1. The predicted octanol–water partition coefficient (Wildman–Crippen LogP) is 5.89. The summed E-state index contributed by atoms with van der Waals surface area (Å²) < 4.78 is 32.5. The molecule has 0 fully saturated rings. The SMILES string of the molecule is Cn1cc(OC(=O)Nc2ccccc2-c2ccccc2Cl)c(C(F)F)c1. The lowest BCUT2D eigenvalue weighted by Crippen LogP contribution is -2.17. The van der Waals surface area contributed by atoms with E-state index in [1.165, 1.54) is 17.0 Å². The fourth-order valence-corrected chi connectivity index (χ4v) is 2.81. The smallest absolute Gasteiger partial charge is 0.408 e. The van der Waals surface area contributed by atoms with Gasteiger partial charge >= 0.3 is 6.09 Å². The number of para-hydroxylation sites is 1. The molecule has 0 unspecified atom stereocenters. The van der Waals surface area contributed by atoms with Crippen LogP contribution in [-0.2, 0) is 7.05 Å². The number of halogens is 3. The van der Waals surface area contributed by atoms with Crippen LogP contribution in [-0.4, -0.2) is 10.7 Å². The van der Waals surface area contributed by atoms with Crippen molar-refractivity contribution in [1.29, 1.82) is 0 Å². The molecule has 134 valence electrons. The molecule has 3 rings (SSSR count). The van der Waals surface area contributed by atoms with Crippen molar-refractivity contribution in [2.75, 3.05) is 5.32 Å². The number of aryl methyl sites for hydroxylation is 1. The number of ether oxygens (including phenoxy) is 1. The van der Waals surface area contributed by atoms with Gasteiger partial charge in [0.1, 0.15) is 0 Å². The third-order valence-corrected chi connectivity index (χ3v) is 4.04. The molecule has 0 aliphatic rings. The maximum absolute atomic E-state index is 13.0. The Kier molecular flexibility index (Phi) is 5.23. The van der Waals surface area contributed by atoms with E-state index in [0.29, 0.717) is 16.3 Å². The van der Waals surface area contributed by atoms with E-state index >= 15 is 0 Å². The Labute approximate surface area is 154 Å². The minimum absolute atomic E-state index is 0.185. The molecule has 2 aromatic carbocycles. The highest BCUT2D eigenvalue weighted by atomic mass is 35.5. The molecule has 0 atom stereocenters. The highest BCUT2D eigenvalue weighted by molar-refractivity contribution is 6.33. The van der Waals surface area contributed by atoms with Crippen molar-refractivity contribution in [3.8, 4) is 16.9 Å². The quantitative estimate of drug-likeness (QED) is 0.616. The van der Waals surface area contributed by atoms with Crippen LogP contribution in [0.4, 0.5) is 19.3 Å². The highest BCUT2D eigenvalue weighted by Crippen LogP contribution is 2.34. The first kappa shape index (κ1) is 17.9. The van der Waals surface area contributed by atoms with Crippen molar-refractivity contribution in [3.05, 3.63) is 71.5 Å². The number of nitrogens with zero attached hydrogens (tertiary/aromatic N) is 1. The number of nitrogens with one attached hydrogen (secondary N) is 1. The second kappa shape index (κ2) is 7.58. The molecule has 26 heavy (non-hydrogen) atoms. The Morgan fingerprint density at radius 2 is 1.73 bits per heavy atom. The van der Waals surface area contributed by atoms with Crippen molar-refractivity contribution in [2.24, 2.45) is 7.05 Å². The summed E-state index contributed by atoms with van der Waals surface area (Å²) in [5, 5.41) is 3.11. The van der Waals surface area contributed by atoms with Crippen LogP contribution < -0.4 is 10.1 Å². The van der Waals surface area contributed by atoms with Crippen LogP contribution in [0.2, 0.25) is 5.02 Å². The summed E-state index contributed by atoms with van der Waals surface area (Å²) in [4.78, 5) is 12.2. The fourth-order valence-electron chi connectivity index (χ4n) is 2.57. The van der Waals surface area contributed by atoms with E-state index in [1.54, 1.807) is 43.4 Å². The van der Waals surface area contributed by atoms with E-state index in [9.17, 15) is 13.6 Å². The van der Waals surface area contributed by atoms with E-state index in [0.717, 1.165) is 5.56 Å². The number of benzene rings is 2. The summed E-state index contributed by atoms with van der Waals surface area (Å²) in [5.74, 6) is -0.185. The largest absolute Gasteiger partial charge is 0.417 e. The predicted molar refractivity (Wildman–Crippen MR) is 96.9 cm³/mol. The molecular formula is C19H15ClF2N2O2. The van der Waals surface area contributed by atoms with Gasteiger partial charge in [-0.15, -0.1) is 0 Å². The number of carbonyl (C=O) groups is 1. The van der Waals surface area contributed by atoms with Crippen molar-refractivity contribution in [3.63, 3.8) is 0 Å². The molecule has 1 heterocycles. The summed E-state index contributed by atoms with van der Waals surface area (Å²) in [6.07, 6.45) is -1.07.